The highest BCUT2D eigenvalue weighted by Gasteiger charge is 2.32. The van der Waals surface area contributed by atoms with Crippen molar-refractivity contribution in [1.29, 1.82) is 0 Å². The van der Waals surface area contributed by atoms with E-state index < -0.39 is 9.84 Å². The Kier molecular flexibility index (Phi) is 3.69. The predicted molar refractivity (Wildman–Crippen MR) is 78.7 cm³/mol. The van der Waals surface area contributed by atoms with E-state index in [9.17, 15) is 8.42 Å². The Hall–Kier alpha value is -1.14. The lowest BCUT2D eigenvalue weighted by molar-refractivity contribution is 0.243. The van der Waals surface area contributed by atoms with Gasteiger partial charge in [0.25, 0.3) is 0 Å². The number of rotatable bonds is 2. The number of piperidine rings is 2. The number of nitrogens with one attached hydrogen (secondary N) is 1. The maximum absolute atomic E-state index is 11.9. The number of hydrogen-bond acceptors (Lipinski definition) is 5. The van der Waals surface area contributed by atoms with Crippen molar-refractivity contribution in [1.82, 2.24) is 10.3 Å². The molecule has 2 atom stereocenters. The summed E-state index contributed by atoms with van der Waals surface area (Å²) in [5.74, 6) is 1.23. The third kappa shape index (κ3) is 2.67. The maximum Gasteiger partial charge on any atom is 0.179 e. The molecule has 2 saturated heterocycles. The molecular weight excluding hydrogens is 274 g/mol. The zero-order valence-corrected chi connectivity index (χ0v) is 12.6. The maximum atomic E-state index is 11.9. The Bertz CT molecular complexity index is 588. The molecule has 6 heteroatoms. The summed E-state index contributed by atoms with van der Waals surface area (Å²) in [4.78, 5) is 6.83. The van der Waals surface area contributed by atoms with Gasteiger partial charge >= 0.3 is 0 Å². The van der Waals surface area contributed by atoms with Gasteiger partial charge in [-0.05, 0) is 43.9 Å². The second-order valence-electron chi connectivity index (χ2n) is 5.79. The molecule has 3 heterocycles. The van der Waals surface area contributed by atoms with Crippen molar-refractivity contribution in [3.05, 3.63) is 18.3 Å². The number of fused-ring (bicyclic) bond motifs is 1. The first-order valence-electron chi connectivity index (χ1n) is 7.19. The van der Waals surface area contributed by atoms with Gasteiger partial charge in [0, 0.05) is 31.6 Å². The van der Waals surface area contributed by atoms with Gasteiger partial charge in [-0.1, -0.05) is 0 Å². The van der Waals surface area contributed by atoms with Gasteiger partial charge in [0.1, 0.15) is 10.7 Å². The van der Waals surface area contributed by atoms with E-state index in [1.807, 2.05) is 0 Å². The summed E-state index contributed by atoms with van der Waals surface area (Å²) in [5, 5.41) is 3.57. The molecule has 20 heavy (non-hydrogen) atoms. The first-order chi connectivity index (χ1) is 9.55. The summed E-state index contributed by atoms with van der Waals surface area (Å²) in [5.41, 5.74) is 0. The summed E-state index contributed by atoms with van der Waals surface area (Å²) >= 11 is 0. The molecule has 110 valence electrons. The first kappa shape index (κ1) is 13.8. The molecule has 0 saturated carbocycles. The van der Waals surface area contributed by atoms with Crippen molar-refractivity contribution in [2.75, 3.05) is 30.8 Å². The lowest BCUT2D eigenvalue weighted by Crippen LogP contribution is -2.52. The van der Waals surface area contributed by atoms with E-state index in [-0.39, 0.29) is 0 Å². The van der Waals surface area contributed by atoms with Crippen LogP contribution in [0.15, 0.2) is 23.2 Å². The Balaban J connectivity index is 1.87. The third-order valence-corrected chi connectivity index (χ3v) is 5.46. The van der Waals surface area contributed by atoms with Crippen molar-refractivity contribution in [3.63, 3.8) is 0 Å². The molecule has 0 aromatic carbocycles. The number of sulfone groups is 1. The first-order valence-corrected chi connectivity index (χ1v) is 9.08. The van der Waals surface area contributed by atoms with E-state index >= 15 is 0 Å². The van der Waals surface area contributed by atoms with Gasteiger partial charge in [-0.25, -0.2) is 13.4 Å². The third-order valence-electron chi connectivity index (χ3n) is 4.34. The molecule has 1 aromatic heterocycles. The van der Waals surface area contributed by atoms with Crippen LogP contribution in [0.1, 0.15) is 19.3 Å². The average molecular weight is 295 g/mol. The smallest absolute Gasteiger partial charge is 0.179 e. The van der Waals surface area contributed by atoms with Crippen LogP contribution in [0.2, 0.25) is 0 Å². The molecule has 2 fully saturated rings. The van der Waals surface area contributed by atoms with Gasteiger partial charge in [-0.3, -0.25) is 0 Å². The number of hydrogen-bond donors (Lipinski definition) is 1. The van der Waals surface area contributed by atoms with Crippen LogP contribution in [0.5, 0.6) is 0 Å². The molecule has 3 rings (SSSR count). The minimum Gasteiger partial charge on any atom is -0.355 e. The molecule has 5 nitrogen and oxygen atoms in total. The Morgan fingerprint density at radius 2 is 2.25 bits per heavy atom. The summed E-state index contributed by atoms with van der Waals surface area (Å²) < 4.78 is 23.8. The van der Waals surface area contributed by atoms with Crippen LogP contribution in [0.25, 0.3) is 0 Å². The zero-order chi connectivity index (χ0) is 14.2. The molecular formula is C14H21N3O2S. The fourth-order valence-electron chi connectivity index (χ4n) is 3.35. The van der Waals surface area contributed by atoms with Crippen molar-refractivity contribution in [3.8, 4) is 0 Å². The minimum absolute atomic E-state index is 0.349. The highest BCUT2D eigenvalue weighted by atomic mass is 32.2. The van der Waals surface area contributed by atoms with E-state index in [1.165, 1.54) is 19.1 Å². The quantitative estimate of drug-likeness (QED) is 0.884. The molecule has 2 aliphatic heterocycles. The van der Waals surface area contributed by atoms with Gasteiger partial charge < -0.3 is 10.2 Å². The number of nitrogens with zero attached hydrogens (tertiary/aromatic N) is 2. The molecule has 1 aromatic rings. The van der Waals surface area contributed by atoms with Crippen LogP contribution in [-0.2, 0) is 9.84 Å². The Morgan fingerprint density at radius 1 is 1.40 bits per heavy atom. The Morgan fingerprint density at radius 3 is 3.05 bits per heavy atom. The van der Waals surface area contributed by atoms with E-state index in [4.69, 9.17) is 0 Å². The number of anilines is 1. The van der Waals surface area contributed by atoms with E-state index in [0.29, 0.717) is 22.7 Å². The molecule has 2 aliphatic rings. The lowest BCUT2D eigenvalue weighted by atomic mass is 9.85. The molecule has 0 spiro atoms. The second kappa shape index (κ2) is 5.33. The summed E-state index contributed by atoms with van der Waals surface area (Å²) in [7, 11) is -3.23. The second-order valence-corrected chi connectivity index (χ2v) is 7.78. The lowest BCUT2D eigenvalue weighted by Gasteiger charge is -2.42. The van der Waals surface area contributed by atoms with Crippen molar-refractivity contribution >= 4 is 15.7 Å². The zero-order valence-electron chi connectivity index (χ0n) is 11.7. The van der Waals surface area contributed by atoms with E-state index in [0.717, 1.165) is 26.1 Å². The average Bonchev–Trinajstić information content (AvgIpc) is 2.46. The van der Waals surface area contributed by atoms with Crippen molar-refractivity contribution in [2.45, 2.75) is 30.2 Å². The Labute approximate surface area is 120 Å². The van der Waals surface area contributed by atoms with Crippen LogP contribution >= 0.6 is 0 Å². The molecule has 0 radical (unpaired) electrons. The standard InChI is InChI=1S/C14H21N3O2S/c1-20(18,19)13-5-3-8-16-14(13)17-9-6-12-11(10-17)4-2-7-15-12/h3,5,8,11-12,15H,2,4,6-7,9-10H2,1H3. The van der Waals surface area contributed by atoms with Crippen LogP contribution in [0, 0.1) is 5.92 Å². The van der Waals surface area contributed by atoms with Gasteiger partial charge in [-0.2, -0.15) is 0 Å². The van der Waals surface area contributed by atoms with E-state index in [2.05, 4.69) is 15.2 Å². The summed E-state index contributed by atoms with van der Waals surface area (Å²) in [6.07, 6.45) is 6.41. The highest BCUT2D eigenvalue weighted by molar-refractivity contribution is 7.90. The summed E-state index contributed by atoms with van der Waals surface area (Å²) in [6, 6.07) is 3.93. The normalized spacial score (nSPS) is 27.1. The largest absolute Gasteiger partial charge is 0.355 e. The van der Waals surface area contributed by atoms with Gasteiger partial charge in [0.2, 0.25) is 0 Å². The van der Waals surface area contributed by atoms with E-state index in [1.54, 1.807) is 18.3 Å². The minimum atomic E-state index is -3.23. The van der Waals surface area contributed by atoms with Crippen molar-refractivity contribution < 1.29 is 8.42 Å². The molecule has 1 N–H and O–H groups in total. The molecule has 0 aliphatic carbocycles. The van der Waals surface area contributed by atoms with Crippen LogP contribution in [0.3, 0.4) is 0 Å². The van der Waals surface area contributed by atoms with Gasteiger partial charge in [0.15, 0.2) is 9.84 Å². The van der Waals surface area contributed by atoms with Crippen LogP contribution in [-0.4, -0.2) is 45.3 Å². The molecule has 2 unspecified atom stereocenters. The predicted octanol–water partition coefficient (Wildman–Crippen LogP) is 1.06. The SMILES string of the molecule is CS(=O)(=O)c1cccnc1N1CCC2NCCCC2C1. The highest BCUT2D eigenvalue weighted by Crippen LogP contribution is 2.30. The van der Waals surface area contributed by atoms with Crippen LogP contribution in [0.4, 0.5) is 5.82 Å². The fourth-order valence-corrected chi connectivity index (χ4v) is 4.19. The van der Waals surface area contributed by atoms with Gasteiger partial charge in [0.05, 0.1) is 0 Å². The monoisotopic (exact) mass is 295 g/mol. The molecule has 0 bridgehead atoms. The van der Waals surface area contributed by atoms with Gasteiger partial charge in [-0.15, -0.1) is 0 Å². The van der Waals surface area contributed by atoms with Crippen molar-refractivity contribution in [2.24, 2.45) is 5.92 Å². The molecule has 0 amide bonds. The topological polar surface area (TPSA) is 62.3 Å². The fraction of sp³-hybridized carbons (Fsp3) is 0.643. The van der Waals surface area contributed by atoms with Crippen LogP contribution < -0.4 is 10.2 Å². The number of pyridine rings is 1. The summed E-state index contributed by atoms with van der Waals surface area (Å²) in [6.45, 7) is 2.88. The number of aromatic nitrogens is 1.